The highest BCUT2D eigenvalue weighted by atomic mass is 79.9. The second kappa shape index (κ2) is 6.85. The van der Waals surface area contributed by atoms with Gasteiger partial charge in [0, 0.05) is 10.9 Å². The molecule has 0 radical (unpaired) electrons. The van der Waals surface area contributed by atoms with Gasteiger partial charge in [-0.25, -0.2) is 4.68 Å². The summed E-state index contributed by atoms with van der Waals surface area (Å²) in [6.45, 7) is 0. The van der Waals surface area contributed by atoms with Crippen LogP contribution in [0, 0.1) is 0 Å². The van der Waals surface area contributed by atoms with Gasteiger partial charge >= 0.3 is 5.97 Å². The first kappa shape index (κ1) is 15.0. The van der Waals surface area contributed by atoms with Crippen molar-refractivity contribution in [2.45, 2.75) is 25.7 Å². The average molecular weight is 359 g/mol. The van der Waals surface area contributed by atoms with Crippen LogP contribution in [0.3, 0.4) is 0 Å². The molecule has 0 amide bonds. The van der Waals surface area contributed by atoms with Crippen LogP contribution in [0.2, 0.25) is 5.02 Å². The maximum atomic E-state index is 10.4. The van der Waals surface area contributed by atoms with E-state index in [1.165, 1.54) is 0 Å². The van der Waals surface area contributed by atoms with Crippen LogP contribution in [0.25, 0.3) is 5.69 Å². The van der Waals surface area contributed by atoms with E-state index in [1.807, 2.05) is 18.3 Å². The zero-order valence-electron chi connectivity index (χ0n) is 10.6. The Morgan fingerprint density at radius 3 is 2.95 bits per heavy atom. The predicted octanol–water partition coefficient (Wildman–Crippen LogP) is 3.48. The van der Waals surface area contributed by atoms with E-state index in [1.54, 1.807) is 10.7 Å². The Morgan fingerprint density at radius 2 is 2.20 bits per heavy atom. The number of nitrogens with zero attached hydrogens (tertiary/aromatic N) is 3. The minimum atomic E-state index is -0.769. The lowest BCUT2D eigenvalue weighted by Gasteiger charge is -2.03. The quantitative estimate of drug-likeness (QED) is 0.803. The van der Waals surface area contributed by atoms with Crippen LogP contribution in [-0.4, -0.2) is 26.1 Å². The van der Waals surface area contributed by atoms with E-state index in [2.05, 4.69) is 26.2 Å². The number of hydrogen-bond donors (Lipinski definition) is 1. The molecule has 0 fully saturated rings. The fraction of sp³-hybridized carbons (Fsp3) is 0.308. The molecule has 20 heavy (non-hydrogen) atoms. The van der Waals surface area contributed by atoms with Gasteiger partial charge in [0.15, 0.2) is 0 Å². The first-order valence-corrected chi connectivity index (χ1v) is 7.32. The molecular formula is C13H13BrClN3O2. The maximum Gasteiger partial charge on any atom is 0.303 e. The summed E-state index contributed by atoms with van der Waals surface area (Å²) < 4.78 is 2.54. The normalized spacial score (nSPS) is 10.7. The van der Waals surface area contributed by atoms with Gasteiger partial charge in [0.2, 0.25) is 0 Å². The van der Waals surface area contributed by atoms with Gasteiger partial charge in [-0.3, -0.25) is 4.79 Å². The molecule has 0 unspecified atom stereocenters. The van der Waals surface area contributed by atoms with Crippen molar-refractivity contribution in [3.05, 3.63) is 39.6 Å². The van der Waals surface area contributed by atoms with Gasteiger partial charge in [0.05, 0.1) is 22.6 Å². The minimum absolute atomic E-state index is 0.186. The summed E-state index contributed by atoms with van der Waals surface area (Å²) >= 11 is 9.52. The molecule has 1 aromatic carbocycles. The number of aromatic nitrogens is 3. The third-order valence-electron chi connectivity index (χ3n) is 2.77. The molecular weight excluding hydrogens is 346 g/mol. The fourth-order valence-electron chi connectivity index (χ4n) is 1.77. The number of aliphatic carboxylic acids is 1. The van der Waals surface area contributed by atoms with Gasteiger partial charge in [0.1, 0.15) is 0 Å². The summed E-state index contributed by atoms with van der Waals surface area (Å²) in [5, 5.41) is 17.3. The molecule has 0 aliphatic heterocycles. The van der Waals surface area contributed by atoms with Crippen molar-refractivity contribution in [3.63, 3.8) is 0 Å². The predicted molar refractivity (Wildman–Crippen MR) is 79.3 cm³/mol. The number of carboxylic acids is 1. The summed E-state index contributed by atoms with van der Waals surface area (Å²) in [5.74, 6) is -0.769. The van der Waals surface area contributed by atoms with Crippen LogP contribution >= 0.6 is 27.5 Å². The van der Waals surface area contributed by atoms with Crippen LogP contribution in [0.1, 0.15) is 25.0 Å². The van der Waals surface area contributed by atoms with Crippen LogP contribution < -0.4 is 0 Å². The molecule has 0 saturated carbocycles. The Kier molecular flexibility index (Phi) is 5.14. The molecule has 2 rings (SSSR count). The molecule has 0 saturated heterocycles. The lowest BCUT2D eigenvalue weighted by Crippen LogP contribution is -1.96. The molecule has 0 atom stereocenters. The summed E-state index contributed by atoms with van der Waals surface area (Å²) in [7, 11) is 0. The lowest BCUT2D eigenvalue weighted by atomic mass is 10.1. The van der Waals surface area contributed by atoms with E-state index in [9.17, 15) is 4.79 Å². The zero-order chi connectivity index (χ0) is 14.5. The van der Waals surface area contributed by atoms with Crippen molar-refractivity contribution in [2.24, 2.45) is 0 Å². The van der Waals surface area contributed by atoms with E-state index in [-0.39, 0.29) is 6.42 Å². The number of carboxylic acid groups (broad SMARTS) is 1. The number of rotatable bonds is 6. The standard InChI is InChI=1S/C13H13BrClN3O2/c14-9-5-6-11(15)12(7-9)18-8-10(16-17-18)3-1-2-4-13(19)20/h5-8H,1-4H2,(H,19,20). The first-order valence-electron chi connectivity index (χ1n) is 6.14. The molecule has 0 spiro atoms. The highest BCUT2D eigenvalue weighted by Crippen LogP contribution is 2.24. The zero-order valence-corrected chi connectivity index (χ0v) is 12.9. The Morgan fingerprint density at radius 1 is 1.40 bits per heavy atom. The Balaban J connectivity index is 2.01. The number of benzene rings is 1. The van der Waals surface area contributed by atoms with Gasteiger partial charge in [-0.2, -0.15) is 0 Å². The van der Waals surface area contributed by atoms with E-state index >= 15 is 0 Å². The van der Waals surface area contributed by atoms with Gasteiger partial charge in [-0.15, -0.1) is 5.10 Å². The number of hydrogen-bond acceptors (Lipinski definition) is 3. The Labute approximate surface area is 129 Å². The summed E-state index contributed by atoms with van der Waals surface area (Å²) in [5.41, 5.74) is 1.58. The van der Waals surface area contributed by atoms with Crippen LogP contribution in [0.4, 0.5) is 0 Å². The van der Waals surface area contributed by atoms with Gasteiger partial charge < -0.3 is 5.11 Å². The highest BCUT2D eigenvalue weighted by molar-refractivity contribution is 9.10. The molecule has 2 aromatic rings. The van der Waals surface area contributed by atoms with Gasteiger partial charge in [0.25, 0.3) is 0 Å². The van der Waals surface area contributed by atoms with E-state index in [4.69, 9.17) is 16.7 Å². The van der Waals surface area contributed by atoms with E-state index in [0.717, 1.165) is 22.3 Å². The molecule has 5 nitrogen and oxygen atoms in total. The van der Waals surface area contributed by atoms with Crippen LogP contribution in [0.5, 0.6) is 0 Å². The molecule has 7 heteroatoms. The first-order chi connectivity index (χ1) is 9.56. The maximum absolute atomic E-state index is 10.4. The summed E-state index contributed by atoms with van der Waals surface area (Å²) in [6, 6.07) is 5.51. The average Bonchev–Trinajstić information content (AvgIpc) is 2.86. The second-order valence-electron chi connectivity index (χ2n) is 4.35. The second-order valence-corrected chi connectivity index (χ2v) is 5.67. The van der Waals surface area contributed by atoms with Gasteiger partial charge in [-0.1, -0.05) is 32.7 Å². The van der Waals surface area contributed by atoms with Crippen molar-refractivity contribution >= 4 is 33.5 Å². The molecule has 0 aliphatic carbocycles. The number of carbonyl (C=O) groups is 1. The molecule has 0 bridgehead atoms. The molecule has 1 N–H and O–H groups in total. The topological polar surface area (TPSA) is 68.0 Å². The molecule has 0 aliphatic rings. The Hall–Kier alpha value is -1.40. The van der Waals surface area contributed by atoms with Crippen LogP contribution in [-0.2, 0) is 11.2 Å². The van der Waals surface area contributed by atoms with Crippen LogP contribution in [0.15, 0.2) is 28.9 Å². The smallest absolute Gasteiger partial charge is 0.303 e. The SMILES string of the molecule is O=C(O)CCCCc1cn(-c2cc(Br)ccc2Cl)nn1. The number of unbranched alkanes of at least 4 members (excludes halogenated alkanes) is 1. The highest BCUT2D eigenvalue weighted by Gasteiger charge is 2.07. The van der Waals surface area contributed by atoms with Crippen molar-refractivity contribution < 1.29 is 9.90 Å². The third-order valence-corrected chi connectivity index (χ3v) is 3.58. The molecule has 1 heterocycles. The molecule has 1 aromatic heterocycles. The third kappa shape index (κ3) is 4.05. The van der Waals surface area contributed by atoms with Crippen molar-refractivity contribution in [1.29, 1.82) is 0 Å². The summed E-state index contributed by atoms with van der Waals surface area (Å²) in [6.07, 6.45) is 4.12. The van der Waals surface area contributed by atoms with Crippen molar-refractivity contribution in [1.82, 2.24) is 15.0 Å². The minimum Gasteiger partial charge on any atom is -0.481 e. The molecule has 106 valence electrons. The van der Waals surface area contributed by atoms with Gasteiger partial charge in [-0.05, 0) is 37.5 Å². The largest absolute Gasteiger partial charge is 0.481 e. The number of aryl methyl sites for hydroxylation is 1. The fourth-order valence-corrected chi connectivity index (χ4v) is 2.33. The number of halogens is 2. The van der Waals surface area contributed by atoms with Crippen molar-refractivity contribution in [3.8, 4) is 5.69 Å². The lowest BCUT2D eigenvalue weighted by molar-refractivity contribution is -0.137. The van der Waals surface area contributed by atoms with Crippen molar-refractivity contribution in [2.75, 3.05) is 0 Å². The van der Waals surface area contributed by atoms with E-state index < -0.39 is 5.97 Å². The monoisotopic (exact) mass is 357 g/mol. The van der Waals surface area contributed by atoms with E-state index in [0.29, 0.717) is 17.9 Å². The Bertz CT molecular complexity index is 615. The summed E-state index contributed by atoms with van der Waals surface area (Å²) in [4.78, 5) is 10.4.